The topological polar surface area (TPSA) is 134 Å². The predicted octanol–water partition coefficient (Wildman–Crippen LogP) is 3.67. The second-order valence-corrected chi connectivity index (χ2v) is 7.92. The fourth-order valence-corrected chi connectivity index (χ4v) is 4.07. The largest absolute Gasteiger partial charge is 0.501 e. The molecule has 4 aromatic rings. The van der Waals surface area contributed by atoms with Crippen molar-refractivity contribution in [3.8, 4) is 11.8 Å². The van der Waals surface area contributed by atoms with Crippen molar-refractivity contribution in [2.24, 2.45) is 7.05 Å². The van der Waals surface area contributed by atoms with Crippen molar-refractivity contribution in [3.05, 3.63) is 105 Å². The van der Waals surface area contributed by atoms with Gasteiger partial charge < -0.3 is 14.9 Å². The van der Waals surface area contributed by atoms with E-state index in [1.165, 1.54) is 37.7 Å². The monoisotopic (exact) mass is 473 g/mol. The Labute approximate surface area is 199 Å². The lowest BCUT2D eigenvalue weighted by Crippen LogP contribution is -2.29. The molecule has 9 nitrogen and oxygen atoms in total. The fraction of sp³-hybridized carbons (Fsp3) is 0.160. The SMILES string of the molecule is C[C@H](c1nc(C(=O)Nc2cnoc2)c(O)c(=O)n1C)[C@@H](c1ccccc1)c1cc(F)ccc1C#N. The Hall–Kier alpha value is -4.78. The number of aromatic nitrogens is 3. The minimum atomic E-state index is -0.836. The van der Waals surface area contributed by atoms with Gasteiger partial charge in [0, 0.05) is 18.9 Å². The molecular weight excluding hydrogens is 453 g/mol. The van der Waals surface area contributed by atoms with Crippen LogP contribution < -0.4 is 10.9 Å². The van der Waals surface area contributed by atoms with Gasteiger partial charge >= 0.3 is 0 Å². The van der Waals surface area contributed by atoms with Crippen LogP contribution in [0.4, 0.5) is 10.1 Å². The number of nitrogens with one attached hydrogen (secondary N) is 1. The Kier molecular flexibility index (Phi) is 6.42. The normalized spacial score (nSPS) is 12.5. The molecule has 2 atom stereocenters. The highest BCUT2D eigenvalue weighted by molar-refractivity contribution is 6.04. The van der Waals surface area contributed by atoms with Crippen molar-refractivity contribution in [2.45, 2.75) is 18.8 Å². The first-order chi connectivity index (χ1) is 16.8. The van der Waals surface area contributed by atoms with Gasteiger partial charge in [-0.25, -0.2) is 9.37 Å². The number of hydrogen-bond acceptors (Lipinski definition) is 7. The number of anilines is 1. The van der Waals surface area contributed by atoms with Crippen LogP contribution >= 0.6 is 0 Å². The molecule has 0 spiro atoms. The maximum Gasteiger partial charge on any atom is 0.296 e. The molecule has 0 radical (unpaired) electrons. The lowest BCUT2D eigenvalue weighted by molar-refractivity contribution is 0.101. The van der Waals surface area contributed by atoms with Gasteiger partial charge in [-0.15, -0.1) is 0 Å². The molecule has 0 saturated heterocycles. The van der Waals surface area contributed by atoms with Crippen LogP contribution in [0, 0.1) is 17.1 Å². The zero-order valence-electron chi connectivity index (χ0n) is 18.8. The summed E-state index contributed by atoms with van der Waals surface area (Å²) in [7, 11) is 1.42. The van der Waals surface area contributed by atoms with E-state index in [1.807, 2.05) is 30.3 Å². The minimum absolute atomic E-state index is 0.158. The van der Waals surface area contributed by atoms with E-state index in [2.05, 4.69) is 26.0 Å². The standard InChI is InChI=1S/C25H20FN5O4/c1-14(20(15-6-4-3-5-7-15)19-10-17(26)9-8-16(19)11-27)23-30-21(22(32)25(34)31(23)2)24(33)29-18-12-28-35-13-18/h3-10,12-14,20,32H,1-2H3,(H,29,33)/t14-,20-/m0/s1. The van der Waals surface area contributed by atoms with Crippen LogP contribution in [-0.2, 0) is 7.05 Å². The smallest absolute Gasteiger partial charge is 0.296 e. The van der Waals surface area contributed by atoms with Gasteiger partial charge in [0.2, 0.25) is 5.75 Å². The Morgan fingerprint density at radius 2 is 2.00 bits per heavy atom. The van der Waals surface area contributed by atoms with E-state index in [0.29, 0.717) is 5.56 Å². The van der Waals surface area contributed by atoms with Crippen molar-refractivity contribution < 1.29 is 18.8 Å². The quantitative estimate of drug-likeness (QED) is 0.436. The van der Waals surface area contributed by atoms with E-state index in [-0.39, 0.29) is 17.1 Å². The number of carbonyl (C=O) groups excluding carboxylic acids is 1. The fourth-order valence-electron chi connectivity index (χ4n) is 4.07. The van der Waals surface area contributed by atoms with Crippen molar-refractivity contribution in [1.82, 2.24) is 14.7 Å². The third-order valence-electron chi connectivity index (χ3n) is 5.74. The van der Waals surface area contributed by atoms with Crippen molar-refractivity contribution in [3.63, 3.8) is 0 Å². The molecule has 176 valence electrons. The number of hydrogen-bond donors (Lipinski definition) is 2. The summed E-state index contributed by atoms with van der Waals surface area (Å²) in [6.45, 7) is 1.75. The maximum atomic E-state index is 14.3. The Bertz CT molecular complexity index is 1480. The third-order valence-corrected chi connectivity index (χ3v) is 5.74. The average Bonchev–Trinajstić information content (AvgIpc) is 3.36. The molecule has 2 aromatic heterocycles. The molecule has 0 aliphatic carbocycles. The second kappa shape index (κ2) is 9.61. The number of nitrogens with zero attached hydrogens (tertiary/aromatic N) is 4. The highest BCUT2D eigenvalue weighted by Crippen LogP contribution is 2.39. The first-order valence-electron chi connectivity index (χ1n) is 10.6. The van der Waals surface area contributed by atoms with E-state index in [4.69, 9.17) is 0 Å². The molecule has 0 aliphatic heterocycles. The first kappa shape index (κ1) is 23.4. The van der Waals surface area contributed by atoms with Crippen molar-refractivity contribution in [1.29, 1.82) is 5.26 Å². The van der Waals surface area contributed by atoms with E-state index in [0.717, 1.165) is 10.1 Å². The summed E-state index contributed by atoms with van der Waals surface area (Å²) in [5.74, 6) is -3.24. The number of carbonyl (C=O) groups is 1. The zero-order valence-corrected chi connectivity index (χ0v) is 18.8. The maximum absolute atomic E-state index is 14.3. The lowest BCUT2D eigenvalue weighted by Gasteiger charge is -2.27. The van der Waals surface area contributed by atoms with E-state index < -0.39 is 40.6 Å². The van der Waals surface area contributed by atoms with Gasteiger partial charge in [-0.2, -0.15) is 5.26 Å². The predicted molar refractivity (Wildman–Crippen MR) is 123 cm³/mol. The highest BCUT2D eigenvalue weighted by Gasteiger charge is 2.31. The molecule has 1 amide bonds. The molecule has 0 fully saturated rings. The van der Waals surface area contributed by atoms with Gasteiger partial charge in [0.05, 0.1) is 17.8 Å². The van der Waals surface area contributed by atoms with E-state index in [1.54, 1.807) is 6.92 Å². The zero-order chi connectivity index (χ0) is 25.1. The van der Waals surface area contributed by atoms with Crippen LogP contribution in [0.25, 0.3) is 0 Å². The molecule has 2 aromatic carbocycles. The van der Waals surface area contributed by atoms with Crippen molar-refractivity contribution in [2.75, 3.05) is 5.32 Å². The van der Waals surface area contributed by atoms with Crippen LogP contribution in [0.2, 0.25) is 0 Å². The Balaban J connectivity index is 1.88. The number of rotatable bonds is 6. The van der Waals surface area contributed by atoms with Crippen molar-refractivity contribution >= 4 is 11.6 Å². The summed E-state index contributed by atoms with van der Waals surface area (Å²) in [5, 5.41) is 26.0. The summed E-state index contributed by atoms with van der Waals surface area (Å²) in [5.41, 5.74) is 0.323. The average molecular weight is 473 g/mol. The molecule has 0 saturated carbocycles. The molecule has 2 heterocycles. The summed E-state index contributed by atoms with van der Waals surface area (Å²) in [4.78, 5) is 30.0. The van der Waals surface area contributed by atoms with Crippen LogP contribution in [0.3, 0.4) is 0 Å². The summed E-state index contributed by atoms with van der Waals surface area (Å²) < 4.78 is 20.1. The summed E-state index contributed by atoms with van der Waals surface area (Å²) in [6.07, 6.45) is 2.43. The van der Waals surface area contributed by atoms with Crippen LogP contribution in [0.15, 0.2) is 70.3 Å². The highest BCUT2D eigenvalue weighted by atomic mass is 19.1. The summed E-state index contributed by atoms with van der Waals surface area (Å²) in [6, 6.07) is 15.1. The lowest BCUT2D eigenvalue weighted by atomic mass is 9.79. The number of amides is 1. The minimum Gasteiger partial charge on any atom is -0.501 e. The number of halogens is 1. The molecular formula is C25H20FN5O4. The summed E-state index contributed by atoms with van der Waals surface area (Å²) >= 11 is 0. The molecule has 0 aliphatic rings. The molecule has 35 heavy (non-hydrogen) atoms. The Morgan fingerprint density at radius 3 is 2.66 bits per heavy atom. The molecule has 0 unspecified atom stereocenters. The van der Waals surface area contributed by atoms with Gasteiger partial charge in [0.15, 0.2) is 5.69 Å². The van der Waals surface area contributed by atoms with Gasteiger partial charge in [-0.1, -0.05) is 42.4 Å². The molecule has 0 bridgehead atoms. The Morgan fingerprint density at radius 1 is 1.26 bits per heavy atom. The van der Waals surface area contributed by atoms with Crippen LogP contribution in [-0.4, -0.2) is 25.7 Å². The third kappa shape index (κ3) is 4.52. The van der Waals surface area contributed by atoms with Gasteiger partial charge in [0.1, 0.15) is 23.6 Å². The number of nitriles is 1. The van der Waals surface area contributed by atoms with E-state index >= 15 is 0 Å². The van der Waals surface area contributed by atoms with Gasteiger partial charge in [-0.05, 0) is 29.3 Å². The van der Waals surface area contributed by atoms with E-state index in [9.17, 15) is 24.3 Å². The van der Waals surface area contributed by atoms with Gasteiger partial charge in [0.25, 0.3) is 11.5 Å². The number of aromatic hydroxyl groups is 1. The van der Waals surface area contributed by atoms with Gasteiger partial charge in [-0.3, -0.25) is 14.2 Å². The van der Waals surface area contributed by atoms with Crippen LogP contribution in [0.1, 0.15) is 51.8 Å². The van der Waals surface area contributed by atoms with Crippen LogP contribution in [0.5, 0.6) is 5.75 Å². The number of benzene rings is 2. The molecule has 2 N–H and O–H groups in total. The molecule has 4 rings (SSSR count). The first-order valence-corrected chi connectivity index (χ1v) is 10.6. The second-order valence-electron chi connectivity index (χ2n) is 7.92. The molecule has 10 heteroatoms.